The summed E-state index contributed by atoms with van der Waals surface area (Å²) in [4.78, 5) is 4.96. The second-order valence-corrected chi connectivity index (χ2v) is 7.01. The third-order valence-electron chi connectivity index (χ3n) is 5.43. The van der Waals surface area contributed by atoms with Crippen molar-refractivity contribution in [2.75, 3.05) is 6.54 Å². The first kappa shape index (κ1) is 12.9. The molecule has 1 aromatic rings. The largest absolute Gasteiger partial charge is 0.331 e. The highest BCUT2D eigenvalue weighted by atomic mass is 15.1. The lowest BCUT2D eigenvalue weighted by Crippen LogP contribution is -2.25. The van der Waals surface area contributed by atoms with E-state index < -0.39 is 0 Å². The minimum Gasteiger partial charge on any atom is -0.331 e. The van der Waals surface area contributed by atoms with Crippen molar-refractivity contribution >= 4 is 0 Å². The molecule has 0 spiro atoms. The molecule has 2 aliphatic carbocycles. The molecule has 110 valence electrons. The van der Waals surface area contributed by atoms with Gasteiger partial charge in [-0.15, -0.1) is 0 Å². The highest BCUT2D eigenvalue weighted by Crippen LogP contribution is 2.40. The average Bonchev–Trinajstić information content (AvgIpc) is 3.06. The molecule has 3 nitrogen and oxygen atoms in total. The summed E-state index contributed by atoms with van der Waals surface area (Å²) in [5.41, 5.74) is 2.90. The molecule has 2 heterocycles. The second-order valence-electron chi connectivity index (χ2n) is 7.01. The van der Waals surface area contributed by atoms with Crippen LogP contribution in [0.5, 0.6) is 0 Å². The van der Waals surface area contributed by atoms with Crippen molar-refractivity contribution in [3.05, 3.63) is 17.2 Å². The zero-order valence-electron chi connectivity index (χ0n) is 12.5. The van der Waals surface area contributed by atoms with Crippen molar-refractivity contribution in [3.8, 4) is 0 Å². The molecule has 0 saturated heterocycles. The van der Waals surface area contributed by atoms with E-state index in [1.54, 1.807) is 5.69 Å². The summed E-state index contributed by atoms with van der Waals surface area (Å²) in [7, 11) is 0. The van der Waals surface area contributed by atoms with Crippen molar-refractivity contribution in [1.82, 2.24) is 14.9 Å². The molecule has 0 aromatic carbocycles. The van der Waals surface area contributed by atoms with Crippen molar-refractivity contribution in [3.63, 3.8) is 0 Å². The molecule has 0 atom stereocenters. The summed E-state index contributed by atoms with van der Waals surface area (Å²) in [5.74, 6) is 3.23. The Labute approximate surface area is 122 Å². The predicted molar refractivity (Wildman–Crippen MR) is 80.8 cm³/mol. The number of nitrogens with one attached hydrogen (secondary N) is 1. The van der Waals surface area contributed by atoms with Gasteiger partial charge in [-0.25, -0.2) is 4.98 Å². The fourth-order valence-electron chi connectivity index (χ4n) is 4.13. The highest BCUT2D eigenvalue weighted by Gasteiger charge is 2.31. The normalized spacial score (nSPS) is 23.2. The topological polar surface area (TPSA) is 29.9 Å². The Morgan fingerprint density at radius 2 is 2.00 bits per heavy atom. The van der Waals surface area contributed by atoms with Crippen LogP contribution in [0.15, 0.2) is 0 Å². The van der Waals surface area contributed by atoms with Gasteiger partial charge in [-0.05, 0) is 31.6 Å². The van der Waals surface area contributed by atoms with Crippen LogP contribution in [0.3, 0.4) is 0 Å². The van der Waals surface area contributed by atoms with Crippen LogP contribution >= 0.6 is 0 Å². The summed E-state index contributed by atoms with van der Waals surface area (Å²) in [5, 5.41) is 3.47. The first-order valence-corrected chi connectivity index (χ1v) is 8.70. The molecular formula is C17H27N3. The standard InChI is InChI=1S/C17H27N3/c1-2-5-13(4-1)6-3-11-20-16-9-10-18-12-15(16)19-17(20)14-7-8-14/h13-14,18H,1-12H2. The van der Waals surface area contributed by atoms with Crippen molar-refractivity contribution < 1.29 is 0 Å². The van der Waals surface area contributed by atoms with E-state index in [-0.39, 0.29) is 0 Å². The summed E-state index contributed by atoms with van der Waals surface area (Å²) in [6.07, 6.45) is 12.6. The number of hydrogen-bond donors (Lipinski definition) is 1. The summed E-state index contributed by atoms with van der Waals surface area (Å²) < 4.78 is 2.61. The number of imidazole rings is 1. The minimum atomic E-state index is 0.784. The second kappa shape index (κ2) is 5.51. The van der Waals surface area contributed by atoms with Crippen LogP contribution in [-0.2, 0) is 19.5 Å². The Hall–Kier alpha value is -0.830. The third kappa shape index (κ3) is 2.52. The van der Waals surface area contributed by atoms with E-state index in [4.69, 9.17) is 4.98 Å². The average molecular weight is 273 g/mol. The number of fused-ring (bicyclic) bond motifs is 1. The van der Waals surface area contributed by atoms with Crippen molar-refractivity contribution in [2.45, 2.75) is 76.8 Å². The highest BCUT2D eigenvalue weighted by molar-refractivity contribution is 5.24. The van der Waals surface area contributed by atoms with E-state index in [9.17, 15) is 0 Å². The molecule has 1 N–H and O–H groups in total. The monoisotopic (exact) mass is 273 g/mol. The SMILES string of the molecule is C1CCC(CCCn2c(C3CC3)nc3c2CCNC3)C1. The molecule has 1 aromatic heterocycles. The Morgan fingerprint density at radius 1 is 1.15 bits per heavy atom. The molecule has 0 radical (unpaired) electrons. The zero-order valence-corrected chi connectivity index (χ0v) is 12.5. The van der Waals surface area contributed by atoms with Gasteiger partial charge in [0.15, 0.2) is 0 Å². The molecule has 4 rings (SSSR count). The Bertz CT molecular complexity index is 467. The zero-order chi connectivity index (χ0) is 13.4. The van der Waals surface area contributed by atoms with Crippen molar-refractivity contribution in [2.24, 2.45) is 5.92 Å². The Balaban J connectivity index is 1.46. The molecule has 0 bridgehead atoms. The van der Waals surface area contributed by atoms with Crippen molar-refractivity contribution in [1.29, 1.82) is 0 Å². The quantitative estimate of drug-likeness (QED) is 0.891. The van der Waals surface area contributed by atoms with Crippen LogP contribution in [0, 0.1) is 5.92 Å². The van der Waals surface area contributed by atoms with Crippen LogP contribution in [0.2, 0.25) is 0 Å². The smallest absolute Gasteiger partial charge is 0.112 e. The van der Waals surface area contributed by atoms with Crippen LogP contribution in [0.4, 0.5) is 0 Å². The lowest BCUT2D eigenvalue weighted by molar-refractivity contribution is 0.448. The summed E-state index contributed by atoms with van der Waals surface area (Å²) >= 11 is 0. The lowest BCUT2D eigenvalue weighted by Gasteiger charge is -2.17. The van der Waals surface area contributed by atoms with Crippen LogP contribution < -0.4 is 5.32 Å². The van der Waals surface area contributed by atoms with Gasteiger partial charge in [0.2, 0.25) is 0 Å². The maximum atomic E-state index is 4.96. The van der Waals surface area contributed by atoms with Gasteiger partial charge in [0, 0.05) is 37.7 Å². The molecule has 2 saturated carbocycles. The number of hydrogen-bond acceptors (Lipinski definition) is 2. The fraction of sp³-hybridized carbons (Fsp3) is 0.824. The van der Waals surface area contributed by atoms with Gasteiger partial charge in [0.1, 0.15) is 5.82 Å². The van der Waals surface area contributed by atoms with E-state index in [1.807, 2.05) is 0 Å². The maximum Gasteiger partial charge on any atom is 0.112 e. The number of nitrogens with zero attached hydrogens (tertiary/aromatic N) is 2. The molecule has 1 aliphatic heterocycles. The molecule has 0 unspecified atom stereocenters. The Morgan fingerprint density at radius 3 is 2.80 bits per heavy atom. The van der Waals surface area contributed by atoms with Crippen LogP contribution in [0.1, 0.15) is 74.5 Å². The lowest BCUT2D eigenvalue weighted by atomic mass is 10.0. The van der Waals surface area contributed by atoms with Gasteiger partial charge in [-0.3, -0.25) is 0 Å². The van der Waals surface area contributed by atoms with Crippen LogP contribution in [0.25, 0.3) is 0 Å². The first-order chi connectivity index (χ1) is 9.92. The molecule has 3 heteroatoms. The van der Waals surface area contributed by atoms with E-state index in [0.29, 0.717) is 0 Å². The van der Waals surface area contributed by atoms with Gasteiger partial charge in [-0.1, -0.05) is 25.7 Å². The molecular weight excluding hydrogens is 246 g/mol. The summed E-state index contributed by atoms with van der Waals surface area (Å²) in [6.45, 7) is 3.35. The van der Waals surface area contributed by atoms with Gasteiger partial charge >= 0.3 is 0 Å². The molecule has 0 amide bonds. The third-order valence-corrected chi connectivity index (χ3v) is 5.43. The first-order valence-electron chi connectivity index (χ1n) is 8.70. The fourth-order valence-corrected chi connectivity index (χ4v) is 4.13. The van der Waals surface area contributed by atoms with Gasteiger partial charge in [0.05, 0.1) is 5.69 Å². The van der Waals surface area contributed by atoms with Gasteiger partial charge in [0.25, 0.3) is 0 Å². The van der Waals surface area contributed by atoms with E-state index in [2.05, 4.69) is 9.88 Å². The molecule has 3 aliphatic rings. The summed E-state index contributed by atoms with van der Waals surface area (Å²) in [6, 6.07) is 0. The van der Waals surface area contributed by atoms with E-state index in [0.717, 1.165) is 24.9 Å². The predicted octanol–water partition coefficient (Wildman–Crippen LogP) is 3.38. The van der Waals surface area contributed by atoms with Gasteiger partial charge in [-0.2, -0.15) is 0 Å². The van der Waals surface area contributed by atoms with Crippen LogP contribution in [-0.4, -0.2) is 16.1 Å². The molecule has 2 fully saturated rings. The Kier molecular flexibility index (Phi) is 3.55. The minimum absolute atomic E-state index is 0.784. The maximum absolute atomic E-state index is 4.96. The van der Waals surface area contributed by atoms with E-state index >= 15 is 0 Å². The number of aromatic nitrogens is 2. The van der Waals surface area contributed by atoms with E-state index in [1.165, 1.54) is 75.9 Å². The number of rotatable bonds is 5. The van der Waals surface area contributed by atoms with Gasteiger partial charge < -0.3 is 9.88 Å². The molecule has 20 heavy (non-hydrogen) atoms.